The first-order valence-corrected chi connectivity index (χ1v) is 4.11. The second-order valence-corrected chi connectivity index (χ2v) is 4.00. The van der Waals surface area contributed by atoms with E-state index in [0.717, 1.165) is 5.57 Å². The molecular formula is C10H12O2. The lowest BCUT2D eigenvalue weighted by atomic mass is 9.72. The van der Waals surface area contributed by atoms with Crippen LogP contribution in [0.15, 0.2) is 23.8 Å². The highest BCUT2D eigenvalue weighted by Gasteiger charge is 2.68. The van der Waals surface area contributed by atoms with Gasteiger partial charge < -0.3 is 4.74 Å². The number of carbonyl (C=O) groups excluding carboxylic acids is 1. The molecule has 1 fully saturated rings. The number of carbonyl (C=O) groups is 1. The number of ether oxygens (including phenoxy) is 1. The van der Waals surface area contributed by atoms with Crippen LogP contribution in [0.1, 0.15) is 20.8 Å². The van der Waals surface area contributed by atoms with Crippen LogP contribution in [-0.4, -0.2) is 11.6 Å². The van der Waals surface area contributed by atoms with Gasteiger partial charge in [-0.3, -0.25) is 0 Å². The van der Waals surface area contributed by atoms with Crippen LogP contribution < -0.4 is 0 Å². The second kappa shape index (κ2) is 1.82. The summed E-state index contributed by atoms with van der Waals surface area (Å²) >= 11 is 0. The van der Waals surface area contributed by atoms with Gasteiger partial charge in [0.15, 0.2) is 0 Å². The molecule has 1 aliphatic heterocycles. The van der Waals surface area contributed by atoms with Crippen molar-refractivity contribution in [1.29, 1.82) is 0 Å². The van der Waals surface area contributed by atoms with Gasteiger partial charge in [-0.1, -0.05) is 32.1 Å². The van der Waals surface area contributed by atoms with Gasteiger partial charge in [-0.25, -0.2) is 4.79 Å². The van der Waals surface area contributed by atoms with Crippen LogP contribution in [0.2, 0.25) is 0 Å². The smallest absolute Gasteiger partial charge is 0.357 e. The van der Waals surface area contributed by atoms with Crippen LogP contribution in [0.3, 0.4) is 0 Å². The van der Waals surface area contributed by atoms with Crippen LogP contribution in [0.25, 0.3) is 0 Å². The van der Waals surface area contributed by atoms with Gasteiger partial charge in [0.1, 0.15) is 0 Å². The molecule has 1 heterocycles. The standard InChI is InChI=1S/C10H12O2/c1-7-5-4-6-9(2,3)10(7)8(11)12-10/h4-6H,1-3H3. The zero-order valence-electron chi connectivity index (χ0n) is 7.55. The van der Waals surface area contributed by atoms with E-state index in [4.69, 9.17) is 4.74 Å². The van der Waals surface area contributed by atoms with Gasteiger partial charge >= 0.3 is 5.97 Å². The minimum Gasteiger partial charge on any atom is -0.438 e. The molecule has 0 aromatic heterocycles. The monoisotopic (exact) mass is 164 g/mol. The molecule has 64 valence electrons. The Bertz CT molecular complexity index is 310. The highest BCUT2D eigenvalue weighted by atomic mass is 16.7. The van der Waals surface area contributed by atoms with E-state index in [-0.39, 0.29) is 11.4 Å². The second-order valence-electron chi connectivity index (χ2n) is 4.00. The van der Waals surface area contributed by atoms with Crippen LogP contribution in [0.4, 0.5) is 0 Å². The third kappa shape index (κ3) is 0.631. The van der Waals surface area contributed by atoms with Gasteiger partial charge in [0.2, 0.25) is 5.60 Å². The quantitative estimate of drug-likeness (QED) is 0.511. The summed E-state index contributed by atoms with van der Waals surface area (Å²) in [6.07, 6.45) is 5.94. The van der Waals surface area contributed by atoms with Crippen molar-refractivity contribution in [3.05, 3.63) is 23.8 Å². The van der Waals surface area contributed by atoms with Gasteiger partial charge in [-0.2, -0.15) is 0 Å². The van der Waals surface area contributed by atoms with Crippen molar-refractivity contribution < 1.29 is 9.53 Å². The largest absolute Gasteiger partial charge is 0.438 e. The normalized spacial score (nSPS) is 36.2. The van der Waals surface area contributed by atoms with Crippen molar-refractivity contribution in [3.8, 4) is 0 Å². The molecule has 12 heavy (non-hydrogen) atoms. The molecular weight excluding hydrogens is 152 g/mol. The molecule has 0 aromatic carbocycles. The van der Waals surface area contributed by atoms with Crippen LogP contribution in [-0.2, 0) is 9.53 Å². The Labute approximate surface area is 71.9 Å². The summed E-state index contributed by atoms with van der Waals surface area (Å²) in [6.45, 7) is 5.98. The first-order chi connectivity index (χ1) is 5.51. The molecule has 0 aromatic rings. The molecule has 0 N–H and O–H groups in total. The Morgan fingerprint density at radius 3 is 2.33 bits per heavy atom. The minimum atomic E-state index is -0.623. The lowest BCUT2D eigenvalue weighted by Crippen LogP contribution is -2.35. The van der Waals surface area contributed by atoms with E-state index < -0.39 is 5.60 Å². The summed E-state index contributed by atoms with van der Waals surface area (Å²) in [5.74, 6) is -0.0920. The van der Waals surface area contributed by atoms with Crippen molar-refractivity contribution in [3.63, 3.8) is 0 Å². The first kappa shape index (κ1) is 7.59. The van der Waals surface area contributed by atoms with Crippen molar-refractivity contribution in [2.75, 3.05) is 0 Å². The molecule has 1 spiro atoms. The molecule has 2 nitrogen and oxygen atoms in total. The highest BCUT2D eigenvalue weighted by Crippen LogP contribution is 2.53. The topological polar surface area (TPSA) is 29.6 Å². The molecule has 0 bridgehead atoms. The van der Waals surface area contributed by atoms with E-state index in [1.54, 1.807) is 0 Å². The van der Waals surface area contributed by atoms with Gasteiger partial charge in [0.05, 0.1) is 0 Å². The van der Waals surface area contributed by atoms with E-state index in [2.05, 4.69) is 0 Å². The SMILES string of the molecule is CC1=CC=CC(C)(C)C12OC2=O. The predicted molar refractivity (Wildman–Crippen MR) is 45.5 cm³/mol. The van der Waals surface area contributed by atoms with Gasteiger partial charge in [0, 0.05) is 5.41 Å². The molecule has 1 aliphatic carbocycles. The zero-order valence-corrected chi connectivity index (χ0v) is 7.55. The third-order valence-electron chi connectivity index (χ3n) is 2.81. The lowest BCUT2D eigenvalue weighted by Gasteiger charge is -2.28. The van der Waals surface area contributed by atoms with Crippen molar-refractivity contribution in [1.82, 2.24) is 0 Å². The minimum absolute atomic E-state index is 0.0920. The number of rotatable bonds is 0. The Hall–Kier alpha value is -1.05. The van der Waals surface area contributed by atoms with Crippen molar-refractivity contribution >= 4 is 5.97 Å². The fourth-order valence-electron chi connectivity index (χ4n) is 1.93. The third-order valence-corrected chi connectivity index (χ3v) is 2.81. The average Bonchev–Trinajstić information content (AvgIpc) is 2.60. The maximum atomic E-state index is 11.2. The number of hydrogen-bond donors (Lipinski definition) is 0. The lowest BCUT2D eigenvalue weighted by molar-refractivity contribution is -0.117. The van der Waals surface area contributed by atoms with Crippen molar-refractivity contribution in [2.45, 2.75) is 26.4 Å². The van der Waals surface area contributed by atoms with Crippen molar-refractivity contribution in [2.24, 2.45) is 5.41 Å². The van der Waals surface area contributed by atoms with Crippen LogP contribution in [0.5, 0.6) is 0 Å². The van der Waals surface area contributed by atoms with E-state index in [1.807, 2.05) is 39.0 Å². The summed E-state index contributed by atoms with van der Waals surface area (Å²) in [7, 11) is 0. The number of hydrogen-bond acceptors (Lipinski definition) is 2. The van der Waals surface area contributed by atoms with Crippen LogP contribution >= 0.6 is 0 Å². The Kier molecular flexibility index (Phi) is 1.15. The molecule has 0 radical (unpaired) electrons. The van der Waals surface area contributed by atoms with E-state index >= 15 is 0 Å². The fraction of sp³-hybridized carbons (Fsp3) is 0.500. The summed E-state index contributed by atoms with van der Waals surface area (Å²) in [5.41, 5.74) is 0.199. The van der Waals surface area contributed by atoms with Gasteiger partial charge in [-0.15, -0.1) is 0 Å². The molecule has 2 rings (SSSR count). The average molecular weight is 164 g/mol. The maximum absolute atomic E-state index is 11.2. The Balaban J connectivity index is 2.50. The number of epoxide rings is 1. The highest BCUT2D eigenvalue weighted by molar-refractivity contribution is 5.98. The van der Waals surface area contributed by atoms with Gasteiger partial charge in [0.25, 0.3) is 0 Å². The van der Waals surface area contributed by atoms with E-state index in [1.165, 1.54) is 0 Å². The Morgan fingerprint density at radius 1 is 1.42 bits per heavy atom. The Morgan fingerprint density at radius 2 is 2.00 bits per heavy atom. The van der Waals surface area contributed by atoms with E-state index in [0.29, 0.717) is 0 Å². The molecule has 1 atom stereocenters. The molecule has 1 unspecified atom stereocenters. The summed E-state index contributed by atoms with van der Waals surface area (Å²) in [4.78, 5) is 11.2. The molecule has 2 heteroatoms. The molecule has 0 saturated carbocycles. The van der Waals surface area contributed by atoms with Crippen LogP contribution in [0, 0.1) is 5.41 Å². The van der Waals surface area contributed by atoms with Gasteiger partial charge in [-0.05, 0) is 12.5 Å². The predicted octanol–water partition coefficient (Wildman–Crippen LogP) is 1.82. The number of allylic oxidation sites excluding steroid dienone is 2. The summed E-state index contributed by atoms with van der Waals surface area (Å²) in [5, 5.41) is 0. The molecule has 1 saturated heterocycles. The summed E-state index contributed by atoms with van der Waals surface area (Å²) in [6, 6.07) is 0. The fourth-order valence-corrected chi connectivity index (χ4v) is 1.93. The molecule has 0 amide bonds. The van der Waals surface area contributed by atoms with E-state index in [9.17, 15) is 4.79 Å². The summed E-state index contributed by atoms with van der Waals surface area (Å²) < 4.78 is 5.11. The zero-order chi connectivity index (χ0) is 8.98. The first-order valence-electron chi connectivity index (χ1n) is 4.11. The maximum Gasteiger partial charge on any atom is 0.357 e. The molecule has 2 aliphatic rings.